The lowest BCUT2D eigenvalue weighted by Crippen LogP contribution is -2.52. The first-order valence-corrected chi connectivity index (χ1v) is 7.68. The number of hydrogen-bond acceptors (Lipinski definition) is 4. The van der Waals surface area contributed by atoms with Crippen LogP contribution in [0.5, 0.6) is 0 Å². The van der Waals surface area contributed by atoms with Crippen LogP contribution in [0, 0.1) is 0 Å². The molecule has 114 valence electrons. The van der Waals surface area contributed by atoms with E-state index in [0.717, 1.165) is 13.0 Å². The maximum atomic E-state index is 4.46. The summed E-state index contributed by atoms with van der Waals surface area (Å²) in [4.78, 5) is 9.41. The van der Waals surface area contributed by atoms with Crippen LogP contribution in [0.2, 0.25) is 0 Å². The summed E-state index contributed by atoms with van der Waals surface area (Å²) < 4.78 is 2.13. The standard InChI is InChI=1S/C15H29N5/c1-5-16-13(11-15-17-6-7-20(15)4)10-14-12-18(2)8-9-19(14)3/h6-7,13-14,16H,5,8-12H2,1-4H3. The quantitative estimate of drug-likeness (QED) is 0.826. The lowest BCUT2D eigenvalue weighted by Gasteiger charge is -2.39. The van der Waals surface area contributed by atoms with Crippen molar-refractivity contribution in [3.05, 3.63) is 18.2 Å². The van der Waals surface area contributed by atoms with Crippen molar-refractivity contribution in [1.29, 1.82) is 0 Å². The number of aryl methyl sites for hydroxylation is 1. The van der Waals surface area contributed by atoms with Crippen LogP contribution in [-0.4, -0.2) is 71.7 Å². The van der Waals surface area contributed by atoms with Crippen molar-refractivity contribution in [2.24, 2.45) is 7.05 Å². The lowest BCUT2D eigenvalue weighted by atomic mass is 10.0. The van der Waals surface area contributed by atoms with Crippen molar-refractivity contribution in [2.45, 2.75) is 31.8 Å². The molecule has 0 saturated carbocycles. The Balaban J connectivity index is 1.96. The SMILES string of the molecule is CCNC(Cc1nccn1C)CC1CN(C)CCN1C. The first kappa shape index (κ1) is 15.5. The minimum absolute atomic E-state index is 0.500. The van der Waals surface area contributed by atoms with Gasteiger partial charge < -0.3 is 19.7 Å². The van der Waals surface area contributed by atoms with Crippen LogP contribution in [0.15, 0.2) is 12.4 Å². The molecule has 1 saturated heterocycles. The third-order valence-corrected chi connectivity index (χ3v) is 4.38. The van der Waals surface area contributed by atoms with E-state index in [4.69, 9.17) is 0 Å². The van der Waals surface area contributed by atoms with Gasteiger partial charge in [0.25, 0.3) is 0 Å². The number of imidazole rings is 1. The Labute approximate surface area is 123 Å². The molecule has 2 atom stereocenters. The van der Waals surface area contributed by atoms with Gasteiger partial charge in [0.1, 0.15) is 5.82 Å². The van der Waals surface area contributed by atoms with E-state index < -0.39 is 0 Å². The number of hydrogen-bond donors (Lipinski definition) is 1. The predicted molar refractivity (Wildman–Crippen MR) is 82.9 cm³/mol. The average molecular weight is 279 g/mol. The zero-order valence-electron chi connectivity index (χ0n) is 13.3. The molecule has 0 amide bonds. The third kappa shape index (κ3) is 4.04. The second-order valence-corrected chi connectivity index (χ2v) is 6.05. The molecular weight excluding hydrogens is 250 g/mol. The number of aromatic nitrogens is 2. The Bertz CT molecular complexity index is 403. The zero-order chi connectivity index (χ0) is 14.5. The molecule has 0 aliphatic carbocycles. The van der Waals surface area contributed by atoms with Gasteiger partial charge in [-0.2, -0.15) is 0 Å². The molecule has 1 fully saturated rings. The smallest absolute Gasteiger partial charge is 0.109 e. The summed E-state index contributed by atoms with van der Waals surface area (Å²) in [5.41, 5.74) is 0. The van der Waals surface area contributed by atoms with E-state index >= 15 is 0 Å². The summed E-state index contributed by atoms with van der Waals surface area (Å²) in [7, 11) is 6.55. The van der Waals surface area contributed by atoms with Crippen LogP contribution in [0.3, 0.4) is 0 Å². The van der Waals surface area contributed by atoms with E-state index in [1.54, 1.807) is 0 Å². The fraction of sp³-hybridized carbons (Fsp3) is 0.800. The molecule has 1 N–H and O–H groups in total. The highest BCUT2D eigenvalue weighted by molar-refractivity contribution is 4.96. The number of nitrogens with zero attached hydrogens (tertiary/aromatic N) is 4. The highest BCUT2D eigenvalue weighted by Gasteiger charge is 2.25. The molecule has 20 heavy (non-hydrogen) atoms. The van der Waals surface area contributed by atoms with Crippen LogP contribution < -0.4 is 5.32 Å². The van der Waals surface area contributed by atoms with Crippen molar-refractivity contribution < 1.29 is 0 Å². The highest BCUT2D eigenvalue weighted by Crippen LogP contribution is 2.14. The normalized spacial score (nSPS) is 23.1. The fourth-order valence-electron chi connectivity index (χ4n) is 3.03. The van der Waals surface area contributed by atoms with Gasteiger partial charge in [-0.25, -0.2) is 4.98 Å². The van der Waals surface area contributed by atoms with Crippen LogP contribution in [0.4, 0.5) is 0 Å². The van der Waals surface area contributed by atoms with E-state index in [9.17, 15) is 0 Å². The second-order valence-electron chi connectivity index (χ2n) is 6.05. The van der Waals surface area contributed by atoms with E-state index in [1.165, 1.54) is 31.9 Å². The second kappa shape index (κ2) is 7.20. The molecule has 5 nitrogen and oxygen atoms in total. The Morgan fingerprint density at radius 3 is 2.80 bits per heavy atom. The van der Waals surface area contributed by atoms with E-state index in [2.05, 4.69) is 52.7 Å². The Hall–Kier alpha value is -0.910. The minimum Gasteiger partial charge on any atom is -0.338 e. The number of nitrogens with one attached hydrogen (secondary N) is 1. The Morgan fingerprint density at radius 1 is 1.35 bits per heavy atom. The van der Waals surface area contributed by atoms with Crippen molar-refractivity contribution in [3.8, 4) is 0 Å². The van der Waals surface area contributed by atoms with Crippen LogP contribution in [-0.2, 0) is 13.5 Å². The first-order chi connectivity index (χ1) is 9.60. The summed E-state index contributed by atoms with van der Waals surface area (Å²) >= 11 is 0. The molecule has 2 heterocycles. The first-order valence-electron chi connectivity index (χ1n) is 7.68. The number of piperazine rings is 1. The number of likely N-dealkylation sites (N-methyl/N-ethyl adjacent to an activating group) is 3. The van der Waals surface area contributed by atoms with Gasteiger partial charge in [0.15, 0.2) is 0 Å². The maximum absolute atomic E-state index is 4.46. The molecule has 2 unspecified atom stereocenters. The van der Waals surface area contributed by atoms with Gasteiger partial charge in [0, 0.05) is 57.6 Å². The molecule has 1 aliphatic heterocycles. The Kier molecular flexibility index (Phi) is 5.57. The zero-order valence-corrected chi connectivity index (χ0v) is 13.3. The van der Waals surface area contributed by atoms with Gasteiger partial charge >= 0.3 is 0 Å². The van der Waals surface area contributed by atoms with Crippen molar-refractivity contribution in [2.75, 3.05) is 40.3 Å². The van der Waals surface area contributed by atoms with Gasteiger partial charge in [-0.15, -0.1) is 0 Å². The van der Waals surface area contributed by atoms with Crippen LogP contribution in [0.25, 0.3) is 0 Å². The van der Waals surface area contributed by atoms with Crippen molar-refractivity contribution in [1.82, 2.24) is 24.7 Å². The monoisotopic (exact) mass is 279 g/mol. The fourth-order valence-corrected chi connectivity index (χ4v) is 3.03. The van der Waals surface area contributed by atoms with Crippen LogP contribution >= 0.6 is 0 Å². The molecule has 5 heteroatoms. The van der Waals surface area contributed by atoms with Crippen molar-refractivity contribution in [3.63, 3.8) is 0 Å². The topological polar surface area (TPSA) is 36.3 Å². The molecular formula is C15H29N5. The van der Waals surface area contributed by atoms with Gasteiger partial charge in [0.2, 0.25) is 0 Å². The van der Waals surface area contributed by atoms with Gasteiger partial charge in [-0.3, -0.25) is 0 Å². The largest absolute Gasteiger partial charge is 0.338 e. The van der Waals surface area contributed by atoms with E-state index in [1.807, 2.05) is 12.4 Å². The Morgan fingerprint density at radius 2 is 2.15 bits per heavy atom. The van der Waals surface area contributed by atoms with Gasteiger partial charge in [0.05, 0.1) is 0 Å². The summed E-state index contributed by atoms with van der Waals surface area (Å²) in [5, 5.41) is 3.63. The maximum Gasteiger partial charge on any atom is 0.109 e. The summed E-state index contributed by atoms with van der Waals surface area (Å²) in [6, 6.07) is 1.14. The third-order valence-electron chi connectivity index (χ3n) is 4.38. The van der Waals surface area contributed by atoms with E-state index in [-0.39, 0.29) is 0 Å². The molecule has 0 aromatic carbocycles. The molecule has 1 aliphatic rings. The molecule has 0 bridgehead atoms. The summed E-state index contributed by atoms with van der Waals surface area (Å²) in [6.45, 7) is 6.71. The van der Waals surface area contributed by atoms with Gasteiger partial charge in [-0.05, 0) is 27.1 Å². The van der Waals surface area contributed by atoms with E-state index in [0.29, 0.717) is 12.1 Å². The molecule has 2 rings (SSSR count). The lowest BCUT2D eigenvalue weighted by molar-refractivity contribution is 0.101. The number of rotatable bonds is 6. The van der Waals surface area contributed by atoms with Crippen molar-refractivity contribution >= 4 is 0 Å². The van der Waals surface area contributed by atoms with Gasteiger partial charge in [-0.1, -0.05) is 6.92 Å². The average Bonchev–Trinajstić information content (AvgIpc) is 2.80. The molecule has 1 aromatic heterocycles. The van der Waals surface area contributed by atoms with Crippen LogP contribution in [0.1, 0.15) is 19.2 Å². The molecule has 1 aromatic rings. The highest BCUT2D eigenvalue weighted by atomic mass is 15.3. The minimum atomic E-state index is 0.500. The summed E-state index contributed by atoms with van der Waals surface area (Å²) in [6.07, 6.45) is 6.10. The molecule has 0 radical (unpaired) electrons. The molecule has 0 spiro atoms. The predicted octanol–water partition coefficient (Wildman–Crippen LogP) is 0.577. The summed E-state index contributed by atoms with van der Waals surface area (Å²) in [5.74, 6) is 1.17.